The normalized spacial score (nSPS) is 25.1. The first-order valence-electron chi connectivity index (χ1n) is 4.23. The molecule has 0 aliphatic carbocycles. The van der Waals surface area contributed by atoms with Gasteiger partial charge in [0.15, 0.2) is 0 Å². The molecule has 84 valence electrons. The van der Waals surface area contributed by atoms with Gasteiger partial charge in [-0.15, -0.1) is 4.31 Å². The van der Waals surface area contributed by atoms with Gasteiger partial charge in [-0.2, -0.15) is 8.42 Å². The third kappa shape index (κ3) is 3.15. The highest BCUT2D eigenvalue weighted by Gasteiger charge is 2.31. The number of hydrogen-bond acceptors (Lipinski definition) is 5. The molecule has 1 aliphatic heterocycles. The van der Waals surface area contributed by atoms with Crippen LogP contribution in [0.4, 0.5) is 0 Å². The lowest BCUT2D eigenvalue weighted by atomic mass is 10.4. The molecular formula is C6H14N2O5S. The number of aliphatic hydroxyl groups excluding tert-OH is 1. The first-order valence-corrected chi connectivity index (χ1v) is 5.63. The molecule has 0 aromatic heterocycles. The van der Waals surface area contributed by atoms with E-state index in [0.29, 0.717) is 13.1 Å². The fourth-order valence-electron chi connectivity index (χ4n) is 1.26. The van der Waals surface area contributed by atoms with Gasteiger partial charge in [-0.05, 0) is 0 Å². The Kier molecular flexibility index (Phi) is 4.23. The molecule has 1 atom stereocenters. The summed E-state index contributed by atoms with van der Waals surface area (Å²) in [6.07, 6.45) is -0.745. The molecule has 14 heavy (non-hydrogen) atoms. The van der Waals surface area contributed by atoms with Crippen molar-refractivity contribution in [3.05, 3.63) is 0 Å². The van der Waals surface area contributed by atoms with Crippen LogP contribution in [-0.2, 0) is 15.0 Å². The first kappa shape index (κ1) is 11.8. The summed E-state index contributed by atoms with van der Waals surface area (Å²) < 4.78 is 36.5. The van der Waals surface area contributed by atoms with E-state index in [1.165, 1.54) is 0 Å². The number of ether oxygens (including phenoxy) is 1. The molecule has 0 saturated carbocycles. The van der Waals surface area contributed by atoms with Crippen molar-refractivity contribution >= 4 is 10.3 Å². The van der Waals surface area contributed by atoms with Gasteiger partial charge in [-0.25, -0.2) is 0 Å². The Bertz CT molecular complexity index is 267. The first-order chi connectivity index (χ1) is 6.55. The van der Waals surface area contributed by atoms with E-state index in [0.717, 1.165) is 4.31 Å². The predicted molar refractivity (Wildman–Crippen MR) is 48.0 cm³/mol. The van der Waals surface area contributed by atoms with Crippen LogP contribution in [0.2, 0.25) is 0 Å². The molecule has 0 radical (unpaired) electrons. The molecule has 0 amide bonds. The van der Waals surface area contributed by atoms with Crippen LogP contribution in [0.3, 0.4) is 0 Å². The van der Waals surface area contributed by atoms with Crippen LogP contribution in [0.1, 0.15) is 0 Å². The van der Waals surface area contributed by atoms with Gasteiger partial charge in [0.1, 0.15) is 6.23 Å². The maximum atomic E-state index is 10.9. The van der Waals surface area contributed by atoms with Crippen LogP contribution in [0.15, 0.2) is 0 Å². The molecule has 1 fully saturated rings. The zero-order chi connectivity index (χ0) is 10.6. The van der Waals surface area contributed by atoms with Crippen molar-refractivity contribution in [1.29, 1.82) is 0 Å². The summed E-state index contributed by atoms with van der Waals surface area (Å²) in [7, 11) is -4.22. The molecule has 7 nitrogen and oxygen atoms in total. The Morgan fingerprint density at radius 2 is 2.29 bits per heavy atom. The van der Waals surface area contributed by atoms with Crippen molar-refractivity contribution in [1.82, 2.24) is 9.62 Å². The number of nitrogens with zero attached hydrogens (tertiary/aromatic N) is 1. The summed E-state index contributed by atoms with van der Waals surface area (Å²) in [6.45, 7) is 0.793. The SMILES string of the molecule is O=S(=O)(O)N1CCNCC1OCCO. The molecule has 1 rings (SSSR count). The Morgan fingerprint density at radius 3 is 2.86 bits per heavy atom. The van der Waals surface area contributed by atoms with E-state index in [9.17, 15) is 8.42 Å². The molecule has 1 heterocycles. The van der Waals surface area contributed by atoms with E-state index in [1.807, 2.05) is 0 Å². The maximum Gasteiger partial charge on any atom is 0.338 e. The molecule has 0 aromatic rings. The molecule has 8 heteroatoms. The molecule has 0 aromatic carbocycles. The largest absolute Gasteiger partial charge is 0.394 e. The van der Waals surface area contributed by atoms with Crippen molar-refractivity contribution in [2.45, 2.75) is 6.23 Å². The third-order valence-electron chi connectivity index (χ3n) is 1.85. The second-order valence-corrected chi connectivity index (χ2v) is 4.21. The average Bonchev–Trinajstić information content (AvgIpc) is 2.14. The highest BCUT2D eigenvalue weighted by atomic mass is 32.2. The second kappa shape index (κ2) is 5.01. The lowest BCUT2D eigenvalue weighted by Crippen LogP contribution is -2.54. The average molecular weight is 226 g/mol. The van der Waals surface area contributed by atoms with Crippen molar-refractivity contribution < 1.29 is 22.8 Å². The van der Waals surface area contributed by atoms with Gasteiger partial charge in [0.2, 0.25) is 0 Å². The van der Waals surface area contributed by atoms with Gasteiger partial charge < -0.3 is 15.2 Å². The molecule has 1 aliphatic rings. The van der Waals surface area contributed by atoms with Crippen molar-refractivity contribution in [3.63, 3.8) is 0 Å². The zero-order valence-electron chi connectivity index (χ0n) is 7.59. The predicted octanol–water partition coefficient (Wildman–Crippen LogP) is -1.97. The molecular weight excluding hydrogens is 212 g/mol. The van der Waals surface area contributed by atoms with E-state index in [2.05, 4.69) is 5.32 Å². The molecule has 1 saturated heterocycles. The molecule has 3 N–H and O–H groups in total. The van der Waals surface area contributed by atoms with E-state index in [1.54, 1.807) is 0 Å². The van der Waals surface area contributed by atoms with Crippen molar-refractivity contribution in [2.24, 2.45) is 0 Å². The Hall–Kier alpha value is -0.250. The van der Waals surface area contributed by atoms with Gasteiger partial charge in [-0.3, -0.25) is 4.55 Å². The van der Waals surface area contributed by atoms with Gasteiger partial charge in [0.25, 0.3) is 0 Å². The Labute approximate surface area is 82.5 Å². The monoisotopic (exact) mass is 226 g/mol. The van der Waals surface area contributed by atoms with E-state index in [4.69, 9.17) is 14.4 Å². The van der Waals surface area contributed by atoms with E-state index >= 15 is 0 Å². The van der Waals surface area contributed by atoms with Crippen LogP contribution < -0.4 is 5.32 Å². The van der Waals surface area contributed by atoms with Crippen LogP contribution in [0.5, 0.6) is 0 Å². The van der Waals surface area contributed by atoms with E-state index in [-0.39, 0.29) is 19.8 Å². The van der Waals surface area contributed by atoms with Gasteiger partial charge in [0, 0.05) is 19.6 Å². The summed E-state index contributed by atoms with van der Waals surface area (Å²) >= 11 is 0. The smallest absolute Gasteiger partial charge is 0.338 e. The van der Waals surface area contributed by atoms with Crippen molar-refractivity contribution in [2.75, 3.05) is 32.8 Å². The highest BCUT2D eigenvalue weighted by Crippen LogP contribution is 2.08. The van der Waals surface area contributed by atoms with Crippen molar-refractivity contribution in [3.8, 4) is 0 Å². The number of rotatable bonds is 4. The topological polar surface area (TPSA) is 99.1 Å². The minimum Gasteiger partial charge on any atom is -0.394 e. The standard InChI is InChI=1S/C6H14N2O5S/c9-3-4-13-6-5-7-1-2-8(6)14(10,11)12/h6-7,9H,1-5H2,(H,10,11,12). The lowest BCUT2D eigenvalue weighted by Gasteiger charge is -2.32. The zero-order valence-corrected chi connectivity index (χ0v) is 8.40. The van der Waals surface area contributed by atoms with Gasteiger partial charge >= 0.3 is 10.3 Å². The number of piperazine rings is 1. The quantitative estimate of drug-likeness (QED) is 0.481. The Balaban J connectivity index is 2.60. The fourth-order valence-corrected chi connectivity index (χ4v) is 2.01. The summed E-state index contributed by atoms with van der Waals surface area (Å²) in [5.41, 5.74) is 0. The summed E-state index contributed by atoms with van der Waals surface area (Å²) in [5.74, 6) is 0. The highest BCUT2D eigenvalue weighted by molar-refractivity contribution is 7.83. The molecule has 0 bridgehead atoms. The summed E-state index contributed by atoms with van der Waals surface area (Å²) in [6, 6.07) is 0. The van der Waals surface area contributed by atoms with Gasteiger partial charge in [0.05, 0.1) is 13.2 Å². The number of hydrogen-bond donors (Lipinski definition) is 3. The minimum absolute atomic E-state index is 0.0400. The fraction of sp³-hybridized carbons (Fsp3) is 1.00. The van der Waals surface area contributed by atoms with Crippen LogP contribution in [-0.4, -0.2) is 61.5 Å². The Morgan fingerprint density at radius 1 is 1.57 bits per heavy atom. The lowest BCUT2D eigenvalue weighted by molar-refractivity contribution is -0.0449. The van der Waals surface area contributed by atoms with Crippen LogP contribution >= 0.6 is 0 Å². The number of nitrogens with one attached hydrogen (secondary N) is 1. The van der Waals surface area contributed by atoms with Gasteiger partial charge in [-0.1, -0.05) is 0 Å². The molecule has 1 unspecified atom stereocenters. The molecule has 0 spiro atoms. The maximum absolute atomic E-state index is 10.9. The number of aliphatic hydroxyl groups is 1. The minimum atomic E-state index is -4.22. The summed E-state index contributed by atoms with van der Waals surface area (Å²) in [5, 5.41) is 11.4. The second-order valence-electron chi connectivity index (χ2n) is 2.84. The van der Waals surface area contributed by atoms with E-state index < -0.39 is 16.5 Å². The summed E-state index contributed by atoms with van der Waals surface area (Å²) in [4.78, 5) is 0. The third-order valence-corrected chi connectivity index (χ3v) is 2.86. The van der Waals surface area contributed by atoms with Crippen LogP contribution in [0.25, 0.3) is 0 Å². The van der Waals surface area contributed by atoms with Crippen LogP contribution in [0, 0.1) is 0 Å².